The number of benzene rings is 3. The predicted molar refractivity (Wildman–Crippen MR) is 207 cm³/mol. The number of ether oxygens (including phenoxy) is 2. The molecule has 0 unspecified atom stereocenters. The Morgan fingerprint density at radius 3 is 2.43 bits per heavy atom. The Labute approximate surface area is 321 Å². The molecular weight excluding hydrogens is 706 g/mol. The third-order valence-electron chi connectivity index (χ3n) is 11.0. The van der Waals surface area contributed by atoms with Crippen molar-refractivity contribution >= 4 is 41.0 Å². The Morgan fingerprint density at radius 1 is 1.07 bits per heavy atom. The Bertz CT molecular complexity index is 1850. The number of rotatable bonds is 16. The number of anilines is 1. The summed E-state index contributed by atoms with van der Waals surface area (Å²) in [6.45, 7) is 10.9. The minimum atomic E-state index is -1.38. The molecule has 1 spiro atoms. The molecule has 3 aromatic rings. The van der Waals surface area contributed by atoms with Gasteiger partial charge >= 0.3 is 5.97 Å². The lowest BCUT2D eigenvalue weighted by atomic mass is 9.70. The fourth-order valence-corrected chi connectivity index (χ4v) is 8.97. The van der Waals surface area contributed by atoms with Gasteiger partial charge in [-0.05, 0) is 62.3 Å². The highest BCUT2D eigenvalue weighted by Gasteiger charge is 2.76. The zero-order valence-corrected chi connectivity index (χ0v) is 31.5. The second-order valence-electron chi connectivity index (χ2n) is 14.4. The molecule has 0 aliphatic carbocycles. The van der Waals surface area contributed by atoms with E-state index in [0.29, 0.717) is 35.5 Å². The maximum absolute atomic E-state index is 15.2. The molecule has 3 amide bonds. The van der Waals surface area contributed by atoms with Gasteiger partial charge in [-0.3, -0.25) is 19.2 Å². The number of aryl methyl sites for hydroxylation is 1. The molecule has 3 aromatic carbocycles. The lowest BCUT2D eigenvalue weighted by molar-refractivity contribution is -0.162. The van der Waals surface area contributed by atoms with Crippen LogP contribution in [0.4, 0.5) is 5.69 Å². The van der Waals surface area contributed by atoms with Gasteiger partial charge in [-0.1, -0.05) is 96.5 Å². The van der Waals surface area contributed by atoms with Crippen molar-refractivity contribution in [1.29, 1.82) is 0 Å². The largest absolute Gasteiger partial charge is 0.455 e. The summed E-state index contributed by atoms with van der Waals surface area (Å²) in [5.74, 6) is -3.86. The highest BCUT2D eigenvalue weighted by atomic mass is 35.5. The minimum absolute atomic E-state index is 0.0925. The summed E-state index contributed by atoms with van der Waals surface area (Å²) in [4.78, 5) is 60.5. The van der Waals surface area contributed by atoms with Gasteiger partial charge < -0.3 is 29.7 Å². The maximum Gasteiger partial charge on any atom is 0.313 e. The van der Waals surface area contributed by atoms with Crippen molar-refractivity contribution in [2.45, 2.75) is 81.9 Å². The normalized spacial score (nSPS) is 24.3. The number of allylic oxidation sites excluding steroid dienone is 1. The minimum Gasteiger partial charge on any atom is -0.455 e. The lowest BCUT2D eigenvalue weighted by Gasteiger charge is -2.39. The average Bonchev–Trinajstić information content (AvgIpc) is 3.82. The SMILES string of the molecule is C=CCCC(=O)N[C@@H](C)[C@H](OC(=O)[C@@H]1[C@H]2C(=O)N([C@@H](CO)Cc3ccccc3)[C@H](C(=O)N(CC=C)c3c(C)cccc3Cl)[C@]23CC[C@H]1O3)c1ccccc1. The molecule has 0 radical (unpaired) electrons. The van der Waals surface area contributed by atoms with E-state index in [1.165, 1.54) is 9.80 Å². The van der Waals surface area contributed by atoms with E-state index in [4.69, 9.17) is 21.1 Å². The Hall–Kier alpha value is -4.77. The summed E-state index contributed by atoms with van der Waals surface area (Å²) >= 11 is 6.73. The second kappa shape index (κ2) is 16.7. The van der Waals surface area contributed by atoms with Crippen molar-refractivity contribution in [2.24, 2.45) is 11.8 Å². The van der Waals surface area contributed by atoms with Crippen LogP contribution < -0.4 is 10.2 Å². The first-order valence-corrected chi connectivity index (χ1v) is 18.9. The molecular formula is C43H48ClN3O7. The molecule has 2 N–H and O–H groups in total. The van der Waals surface area contributed by atoms with Gasteiger partial charge in [0, 0.05) is 13.0 Å². The second-order valence-corrected chi connectivity index (χ2v) is 14.8. The smallest absolute Gasteiger partial charge is 0.313 e. The number of aliphatic hydroxyl groups is 1. The van der Waals surface area contributed by atoms with Crippen LogP contribution in [-0.4, -0.2) is 76.7 Å². The van der Waals surface area contributed by atoms with Gasteiger partial charge in [-0.15, -0.1) is 13.2 Å². The third-order valence-corrected chi connectivity index (χ3v) is 11.3. The van der Waals surface area contributed by atoms with Gasteiger partial charge in [0.15, 0.2) is 0 Å². The topological polar surface area (TPSA) is 125 Å². The van der Waals surface area contributed by atoms with Crippen LogP contribution in [0.1, 0.15) is 55.4 Å². The molecule has 8 atom stereocenters. The Balaban J connectivity index is 1.39. The molecule has 3 fully saturated rings. The number of amides is 3. The number of carbonyl (C=O) groups excluding carboxylic acids is 4. The maximum atomic E-state index is 15.2. The lowest BCUT2D eigenvalue weighted by Crippen LogP contribution is -2.59. The summed E-state index contributed by atoms with van der Waals surface area (Å²) in [7, 11) is 0. The van der Waals surface area contributed by atoms with Gasteiger partial charge in [0.1, 0.15) is 17.7 Å². The average molecular weight is 754 g/mol. The first kappa shape index (κ1) is 38.9. The van der Waals surface area contributed by atoms with Crippen molar-refractivity contribution < 1.29 is 33.8 Å². The van der Waals surface area contributed by atoms with Crippen LogP contribution in [0.5, 0.6) is 0 Å². The quantitative estimate of drug-likeness (QED) is 0.138. The molecule has 0 saturated carbocycles. The van der Waals surface area contributed by atoms with Gasteiger partial charge in [0.05, 0.1) is 47.3 Å². The van der Waals surface area contributed by atoms with Gasteiger partial charge in [-0.25, -0.2) is 0 Å². The molecule has 6 rings (SSSR count). The van der Waals surface area contributed by atoms with Crippen molar-refractivity contribution in [3.8, 4) is 0 Å². The monoisotopic (exact) mass is 753 g/mol. The van der Waals surface area contributed by atoms with Crippen molar-refractivity contribution in [3.63, 3.8) is 0 Å². The van der Waals surface area contributed by atoms with Crippen LogP contribution in [-0.2, 0) is 35.1 Å². The number of hydrogen-bond acceptors (Lipinski definition) is 7. The van der Waals surface area contributed by atoms with Crippen LogP contribution in [0.25, 0.3) is 0 Å². The number of aliphatic hydroxyl groups excluding tert-OH is 1. The fraction of sp³-hybridized carbons (Fsp3) is 0.395. The van der Waals surface area contributed by atoms with Gasteiger partial charge in [0.2, 0.25) is 11.8 Å². The number of fused-ring (bicyclic) bond motifs is 1. The van der Waals surface area contributed by atoms with Crippen LogP contribution in [0, 0.1) is 18.8 Å². The van der Waals surface area contributed by atoms with Crippen LogP contribution in [0.3, 0.4) is 0 Å². The summed E-state index contributed by atoms with van der Waals surface area (Å²) in [5.41, 5.74) is 1.39. The molecule has 3 aliphatic rings. The van der Waals surface area contributed by atoms with E-state index in [-0.39, 0.29) is 25.3 Å². The fourth-order valence-electron chi connectivity index (χ4n) is 8.64. The van der Waals surface area contributed by atoms with Crippen LogP contribution in [0.15, 0.2) is 104 Å². The molecule has 3 aliphatic heterocycles. The molecule has 2 bridgehead atoms. The van der Waals surface area contributed by atoms with Crippen LogP contribution >= 0.6 is 11.6 Å². The Morgan fingerprint density at radius 2 is 1.78 bits per heavy atom. The summed E-state index contributed by atoms with van der Waals surface area (Å²) in [5, 5.41) is 14.2. The number of carbonyl (C=O) groups is 4. The summed E-state index contributed by atoms with van der Waals surface area (Å²) in [6, 6.07) is 21.3. The number of hydrogen-bond donors (Lipinski definition) is 2. The highest BCUT2D eigenvalue weighted by Crippen LogP contribution is 2.59. The molecule has 54 heavy (non-hydrogen) atoms. The number of likely N-dealkylation sites (tertiary alicyclic amines) is 1. The molecule has 10 nitrogen and oxygen atoms in total. The number of para-hydroxylation sites is 1. The van der Waals surface area contributed by atoms with Crippen molar-refractivity contribution in [1.82, 2.24) is 10.2 Å². The van der Waals surface area contributed by atoms with Gasteiger partial charge in [-0.2, -0.15) is 0 Å². The molecule has 3 saturated heterocycles. The van der Waals surface area contributed by atoms with E-state index in [9.17, 15) is 14.7 Å². The Kier molecular flexibility index (Phi) is 12.1. The first-order chi connectivity index (χ1) is 26.1. The molecule has 3 heterocycles. The summed E-state index contributed by atoms with van der Waals surface area (Å²) in [6.07, 6.45) is 3.45. The summed E-state index contributed by atoms with van der Waals surface area (Å²) < 4.78 is 13.0. The van der Waals surface area contributed by atoms with E-state index in [2.05, 4.69) is 18.5 Å². The molecule has 284 valence electrons. The van der Waals surface area contributed by atoms with Crippen molar-refractivity contribution in [3.05, 3.63) is 126 Å². The van der Waals surface area contributed by atoms with E-state index in [0.717, 1.165) is 11.1 Å². The standard InChI is InChI=1S/C43H48ClN3O7/c1-5-7-21-34(49)45-28(4)38(30-18-12-9-13-19-30)53-42(52)35-33-22-23-43(54-33)36(35)40(50)47(31(26-48)25-29-16-10-8-11-17-29)39(43)41(51)46(24-6-2)37-27(3)15-14-20-32(37)44/h5-6,8-20,28,31,33,35-36,38-39,48H,1-2,7,21-26H2,3-4H3,(H,45,49)/t28-,31+,33+,35-,36-,38-,39+,43-/m0/s1. The predicted octanol–water partition coefficient (Wildman–Crippen LogP) is 5.90. The van der Waals surface area contributed by atoms with E-state index in [1.807, 2.05) is 73.7 Å². The zero-order valence-electron chi connectivity index (χ0n) is 30.7. The molecule has 0 aromatic heterocycles. The number of nitrogens with zero attached hydrogens (tertiary/aromatic N) is 2. The third kappa shape index (κ3) is 7.34. The highest BCUT2D eigenvalue weighted by molar-refractivity contribution is 6.34. The van der Waals surface area contributed by atoms with Gasteiger partial charge in [0.25, 0.3) is 5.91 Å². The van der Waals surface area contributed by atoms with Crippen molar-refractivity contribution in [2.75, 3.05) is 18.1 Å². The number of halogens is 1. The molecule has 11 heteroatoms. The zero-order chi connectivity index (χ0) is 38.6. The van der Waals surface area contributed by atoms with E-state index in [1.54, 1.807) is 31.2 Å². The van der Waals surface area contributed by atoms with E-state index < -0.39 is 72.2 Å². The number of nitrogens with one attached hydrogen (secondary N) is 1. The number of esters is 1. The van der Waals surface area contributed by atoms with E-state index >= 15 is 9.59 Å². The first-order valence-electron chi connectivity index (χ1n) is 18.5. The van der Waals surface area contributed by atoms with Crippen LogP contribution in [0.2, 0.25) is 5.02 Å².